The van der Waals surface area contributed by atoms with E-state index in [4.69, 9.17) is 21.1 Å². The van der Waals surface area contributed by atoms with Gasteiger partial charge in [-0.25, -0.2) is 0 Å². The Morgan fingerprint density at radius 1 is 1.00 bits per heavy atom. The van der Waals surface area contributed by atoms with Crippen molar-refractivity contribution in [2.24, 2.45) is 0 Å². The van der Waals surface area contributed by atoms with Crippen LogP contribution in [0.3, 0.4) is 0 Å². The Morgan fingerprint density at radius 3 is 2.24 bits per heavy atom. The number of halogens is 1. The van der Waals surface area contributed by atoms with Gasteiger partial charge in [0.05, 0.1) is 19.2 Å². The minimum atomic E-state index is -0.807. The number of benzene rings is 2. The average Bonchev–Trinajstić information content (AvgIpc) is 2.46. The van der Waals surface area contributed by atoms with Crippen LogP contribution in [0.15, 0.2) is 30.3 Å². The van der Waals surface area contributed by atoms with E-state index in [1.807, 2.05) is 32.0 Å². The zero-order valence-corrected chi connectivity index (χ0v) is 13.4. The van der Waals surface area contributed by atoms with E-state index in [1.165, 1.54) is 7.11 Å². The van der Waals surface area contributed by atoms with E-state index in [2.05, 4.69) is 0 Å². The maximum atomic E-state index is 10.6. The molecule has 2 aromatic rings. The molecule has 2 rings (SSSR count). The first-order valence-electron chi connectivity index (χ1n) is 6.65. The average molecular weight is 307 g/mol. The van der Waals surface area contributed by atoms with E-state index >= 15 is 0 Å². The molecule has 0 fully saturated rings. The Hall–Kier alpha value is -1.71. The summed E-state index contributed by atoms with van der Waals surface area (Å²) in [6.07, 6.45) is -0.807. The predicted molar refractivity (Wildman–Crippen MR) is 84.5 cm³/mol. The normalized spacial score (nSPS) is 12.1. The van der Waals surface area contributed by atoms with Gasteiger partial charge in [-0.3, -0.25) is 0 Å². The first-order chi connectivity index (χ1) is 9.99. The molecule has 4 heteroatoms. The Bertz CT molecular complexity index is 653. The van der Waals surface area contributed by atoms with Gasteiger partial charge in [0, 0.05) is 5.56 Å². The van der Waals surface area contributed by atoms with E-state index in [1.54, 1.807) is 19.2 Å². The second-order valence-corrected chi connectivity index (χ2v) is 5.34. The van der Waals surface area contributed by atoms with Crippen LogP contribution in [0.1, 0.15) is 28.4 Å². The van der Waals surface area contributed by atoms with E-state index in [0.29, 0.717) is 22.1 Å². The Balaban J connectivity index is 2.51. The molecular weight excluding hydrogens is 288 g/mol. The molecule has 1 N–H and O–H groups in total. The Morgan fingerprint density at radius 2 is 1.67 bits per heavy atom. The largest absolute Gasteiger partial charge is 0.493 e. The number of aryl methyl sites for hydroxylation is 2. The highest BCUT2D eigenvalue weighted by Crippen LogP contribution is 2.41. The van der Waals surface area contributed by atoms with Gasteiger partial charge in [0.15, 0.2) is 11.5 Å². The van der Waals surface area contributed by atoms with E-state index in [9.17, 15) is 5.11 Å². The van der Waals surface area contributed by atoms with Gasteiger partial charge in [-0.15, -0.1) is 0 Å². The van der Waals surface area contributed by atoms with Crippen molar-refractivity contribution in [1.82, 2.24) is 0 Å². The summed E-state index contributed by atoms with van der Waals surface area (Å²) in [5, 5.41) is 11.0. The van der Waals surface area contributed by atoms with Crippen LogP contribution in [0.25, 0.3) is 0 Å². The highest BCUT2D eigenvalue weighted by atomic mass is 35.5. The van der Waals surface area contributed by atoms with Crippen molar-refractivity contribution in [3.8, 4) is 11.5 Å². The fourth-order valence-electron chi connectivity index (χ4n) is 2.42. The molecule has 2 aromatic carbocycles. The topological polar surface area (TPSA) is 38.7 Å². The molecule has 0 bridgehead atoms. The van der Waals surface area contributed by atoms with Gasteiger partial charge in [-0.05, 0) is 31.0 Å². The lowest BCUT2D eigenvalue weighted by atomic mass is 9.96. The molecule has 0 heterocycles. The van der Waals surface area contributed by atoms with Crippen LogP contribution in [0.2, 0.25) is 5.02 Å². The zero-order chi connectivity index (χ0) is 15.6. The second-order valence-electron chi connectivity index (χ2n) is 4.97. The Labute approximate surface area is 130 Å². The van der Waals surface area contributed by atoms with Crippen molar-refractivity contribution in [3.63, 3.8) is 0 Å². The minimum Gasteiger partial charge on any atom is -0.493 e. The molecule has 1 unspecified atom stereocenters. The maximum absolute atomic E-state index is 10.6. The number of ether oxygens (including phenoxy) is 2. The van der Waals surface area contributed by atoms with Crippen molar-refractivity contribution in [3.05, 3.63) is 57.6 Å². The summed E-state index contributed by atoms with van der Waals surface area (Å²) in [6.45, 7) is 3.99. The van der Waals surface area contributed by atoms with Gasteiger partial charge < -0.3 is 14.6 Å². The first-order valence-corrected chi connectivity index (χ1v) is 7.03. The van der Waals surface area contributed by atoms with Crippen LogP contribution in [0, 0.1) is 13.8 Å². The molecule has 0 aliphatic rings. The summed E-state index contributed by atoms with van der Waals surface area (Å²) < 4.78 is 10.5. The van der Waals surface area contributed by atoms with Crippen LogP contribution in [0.4, 0.5) is 0 Å². The lowest BCUT2D eigenvalue weighted by Crippen LogP contribution is -2.04. The standard InChI is InChI=1S/C17H19ClO3/c1-10-5-6-12(11(2)9-10)16(19)13-7-8-14(20-3)17(21-4)15(13)18/h5-9,16,19H,1-4H3. The van der Waals surface area contributed by atoms with Crippen molar-refractivity contribution in [2.45, 2.75) is 20.0 Å². The molecule has 0 radical (unpaired) electrons. The maximum Gasteiger partial charge on any atom is 0.179 e. The highest BCUT2D eigenvalue weighted by Gasteiger charge is 2.21. The molecule has 0 aromatic heterocycles. The number of methoxy groups -OCH3 is 2. The number of aliphatic hydroxyl groups is 1. The molecule has 0 saturated heterocycles. The number of hydrogen-bond acceptors (Lipinski definition) is 3. The third-order valence-corrected chi connectivity index (χ3v) is 3.92. The monoisotopic (exact) mass is 306 g/mol. The summed E-state index contributed by atoms with van der Waals surface area (Å²) in [4.78, 5) is 0. The molecule has 112 valence electrons. The fraction of sp³-hybridized carbons (Fsp3) is 0.294. The fourth-order valence-corrected chi connectivity index (χ4v) is 2.75. The molecule has 21 heavy (non-hydrogen) atoms. The third kappa shape index (κ3) is 2.99. The van der Waals surface area contributed by atoms with Crippen LogP contribution in [-0.2, 0) is 0 Å². The summed E-state index contributed by atoms with van der Waals surface area (Å²) >= 11 is 6.36. The van der Waals surface area contributed by atoms with Crippen molar-refractivity contribution in [1.29, 1.82) is 0 Å². The molecule has 0 spiro atoms. The molecule has 0 aliphatic heterocycles. The lowest BCUT2D eigenvalue weighted by Gasteiger charge is -2.18. The molecule has 0 saturated carbocycles. The number of rotatable bonds is 4. The summed E-state index contributed by atoms with van der Waals surface area (Å²) in [7, 11) is 3.07. The second kappa shape index (κ2) is 6.37. The smallest absolute Gasteiger partial charge is 0.179 e. The van der Waals surface area contributed by atoms with Crippen molar-refractivity contribution >= 4 is 11.6 Å². The van der Waals surface area contributed by atoms with E-state index in [-0.39, 0.29) is 0 Å². The van der Waals surface area contributed by atoms with Gasteiger partial charge in [0.25, 0.3) is 0 Å². The quantitative estimate of drug-likeness (QED) is 0.926. The number of hydrogen-bond donors (Lipinski definition) is 1. The zero-order valence-electron chi connectivity index (χ0n) is 12.6. The van der Waals surface area contributed by atoms with Crippen LogP contribution in [0.5, 0.6) is 11.5 Å². The lowest BCUT2D eigenvalue weighted by molar-refractivity contribution is 0.219. The van der Waals surface area contributed by atoms with E-state index < -0.39 is 6.10 Å². The van der Waals surface area contributed by atoms with Gasteiger partial charge in [0.1, 0.15) is 6.10 Å². The van der Waals surface area contributed by atoms with Crippen molar-refractivity contribution in [2.75, 3.05) is 14.2 Å². The SMILES string of the molecule is COc1ccc(C(O)c2ccc(C)cc2C)c(Cl)c1OC. The summed E-state index contributed by atoms with van der Waals surface area (Å²) in [5.41, 5.74) is 3.60. The van der Waals surface area contributed by atoms with Gasteiger partial charge >= 0.3 is 0 Å². The highest BCUT2D eigenvalue weighted by molar-refractivity contribution is 6.33. The van der Waals surface area contributed by atoms with Crippen LogP contribution < -0.4 is 9.47 Å². The first kappa shape index (κ1) is 15.7. The van der Waals surface area contributed by atoms with Crippen LogP contribution in [-0.4, -0.2) is 19.3 Å². The molecule has 0 aliphatic carbocycles. The molecule has 1 atom stereocenters. The molecule has 3 nitrogen and oxygen atoms in total. The summed E-state index contributed by atoms with van der Waals surface area (Å²) in [5.74, 6) is 0.972. The molecular formula is C17H19ClO3. The minimum absolute atomic E-state index is 0.365. The van der Waals surface area contributed by atoms with Gasteiger partial charge in [-0.1, -0.05) is 41.4 Å². The van der Waals surface area contributed by atoms with E-state index in [0.717, 1.165) is 16.7 Å². The van der Waals surface area contributed by atoms with Gasteiger partial charge in [0.2, 0.25) is 0 Å². The molecule has 0 amide bonds. The summed E-state index contributed by atoms with van der Waals surface area (Å²) in [6, 6.07) is 9.43. The van der Waals surface area contributed by atoms with Crippen molar-refractivity contribution < 1.29 is 14.6 Å². The Kier molecular flexibility index (Phi) is 4.76. The third-order valence-electron chi connectivity index (χ3n) is 3.53. The predicted octanol–water partition coefficient (Wildman–Crippen LogP) is 4.06. The van der Waals surface area contributed by atoms with Crippen LogP contribution >= 0.6 is 11.6 Å². The van der Waals surface area contributed by atoms with Gasteiger partial charge in [-0.2, -0.15) is 0 Å². The number of aliphatic hydroxyl groups excluding tert-OH is 1.